The molecule has 0 aromatic rings. The third-order valence-electron chi connectivity index (χ3n) is 2.47. The van der Waals surface area contributed by atoms with Crippen LogP contribution >= 0.6 is 0 Å². The number of aliphatic hydroxyl groups is 2. The zero-order valence-electron chi connectivity index (χ0n) is 11.1. The fourth-order valence-electron chi connectivity index (χ4n) is 1.71. The first-order valence-corrected chi connectivity index (χ1v) is 9.63. The number of hydrogen-bond acceptors (Lipinski definition) is 12. The van der Waals surface area contributed by atoms with Crippen molar-refractivity contribution in [2.45, 2.75) is 30.7 Å². The Morgan fingerprint density at radius 2 is 1.46 bits per heavy atom. The van der Waals surface area contributed by atoms with Gasteiger partial charge in [0.15, 0.2) is 6.29 Å². The van der Waals surface area contributed by atoms with Crippen molar-refractivity contribution in [1.29, 1.82) is 0 Å². The lowest BCUT2D eigenvalue weighted by molar-refractivity contribution is -0.145. The number of hydrogen-bond donors (Lipinski definition) is 5. The van der Waals surface area contributed by atoms with Gasteiger partial charge in [0.1, 0.15) is 24.4 Å². The zero-order valence-corrected chi connectivity index (χ0v) is 13.6. The summed E-state index contributed by atoms with van der Waals surface area (Å²) in [4.78, 5) is 0. The molecule has 15 nitrogen and oxygen atoms in total. The van der Waals surface area contributed by atoms with Gasteiger partial charge in [0.25, 0.3) is 0 Å². The minimum atomic E-state index is -5.30. The summed E-state index contributed by atoms with van der Waals surface area (Å²) in [7, 11) is -15.7. The van der Waals surface area contributed by atoms with Crippen LogP contribution in [-0.2, 0) is 48.5 Å². The first-order chi connectivity index (χ1) is 10.6. The molecule has 0 radical (unpaired) electrons. The van der Waals surface area contributed by atoms with Crippen molar-refractivity contribution in [1.82, 2.24) is 0 Å². The van der Waals surface area contributed by atoms with Gasteiger partial charge in [0.05, 0.1) is 6.61 Å². The van der Waals surface area contributed by atoms with Gasteiger partial charge in [-0.15, -0.1) is 0 Å². The molecule has 5 N–H and O–H groups in total. The predicted molar refractivity (Wildman–Crippen MR) is 67.2 cm³/mol. The fraction of sp³-hybridized carbons (Fsp3) is 1.00. The van der Waals surface area contributed by atoms with Crippen LogP contribution in [0.1, 0.15) is 0 Å². The van der Waals surface area contributed by atoms with Crippen molar-refractivity contribution in [3.05, 3.63) is 0 Å². The summed E-state index contributed by atoms with van der Waals surface area (Å²) in [6.07, 6.45) is -10.8. The van der Waals surface area contributed by atoms with E-state index in [0.717, 1.165) is 0 Å². The molecule has 0 bridgehead atoms. The standard InChI is InChI=1S/C6H12O15S3/c7-3-5(21-24(15,16)17)4(19-6(3)8)2(20-23(12,13)14)1-18-22(9,10)11/h2-8H,1H2,(H,9,10,11)(H,12,13,14)(H,15,16,17)/t2-,3-,4-,5+,6+/m1/s1. The third-order valence-corrected chi connectivity index (χ3v) is 3.86. The van der Waals surface area contributed by atoms with E-state index in [1.165, 1.54) is 0 Å². The predicted octanol–water partition coefficient (Wildman–Crippen LogP) is -3.74. The third kappa shape index (κ3) is 7.16. The van der Waals surface area contributed by atoms with Crippen LogP contribution in [0.2, 0.25) is 0 Å². The van der Waals surface area contributed by atoms with Crippen LogP contribution in [0.5, 0.6) is 0 Å². The Balaban J connectivity index is 3.12. The van der Waals surface area contributed by atoms with Gasteiger partial charge in [-0.05, 0) is 0 Å². The molecule has 1 heterocycles. The Hall–Kier alpha value is -0.510. The largest absolute Gasteiger partial charge is 0.397 e. The highest BCUT2D eigenvalue weighted by Gasteiger charge is 2.51. The van der Waals surface area contributed by atoms with E-state index in [1.807, 2.05) is 0 Å². The Morgan fingerprint density at radius 1 is 0.917 bits per heavy atom. The zero-order chi connectivity index (χ0) is 18.9. The van der Waals surface area contributed by atoms with Gasteiger partial charge in [0.2, 0.25) is 0 Å². The SMILES string of the molecule is O=S(=O)(O)OC[C@@H](OS(=O)(=O)O)[C@H]1O[C@H](O)[C@H](O)[C@@H]1OS(=O)(=O)O. The summed E-state index contributed by atoms with van der Waals surface area (Å²) in [5.74, 6) is 0. The molecule has 0 amide bonds. The summed E-state index contributed by atoms with van der Waals surface area (Å²) in [6, 6.07) is 0. The highest BCUT2D eigenvalue weighted by molar-refractivity contribution is 7.81. The normalized spacial score (nSPS) is 30.4. The van der Waals surface area contributed by atoms with Gasteiger partial charge in [-0.25, -0.2) is 12.5 Å². The van der Waals surface area contributed by atoms with Crippen molar-refractivity contribution in [2.75, 3.05) is 6.61 Å². The van der Waals surface area contributed by atoms with Crippen molar-refractivity contribution in [3.63, 3.8) is 0 Å². The van der Waals surface area contributed by atoms with Gasteiger partial charge in [-0.3, -0.25) is 13.7 Å². The Kier molecular flexibility index (Phi) is 6.63. The van der Waals surface area contributed by atoms with Gasteiger partial charge in [0, 0.05) is 0 Å². The molecule has 0 unspecified atom stereocenters. The van der Waals surface area contributed by atoms with Gasteiger partial charge in [-0.2, -0.15) is 25.3 Å². The minimum Gasteiger partial charge on any atom is -0.385 e. The van der Waals surface area contributed by atoms with E-state index in [4.69, 9.17) is 13.7 Å². The van der Waals surface area contributed by atoms with Crippen LogP contribution < -0.4 is 0 Å². The Morgan fingerprint density at radius 3 is 1.88 bits per heavy atom. The van der Waals surface area contributed by atoms with Crippen LogP contribution in [0.4, 0.5) is 0 Å². The van der Waals surface area contributed by atoms with E-state index in [0.29, 0.717) is 0 Å². The number of ether oxygens (including phenoxy) is 1. The van der Waals surface area contributed by atoms with Crippen LogP contribution in [-0.4, -0.2) is 86.4 Å². The maximum atomic E-state index is 10.8. The molecule has 1 fully saturated rings. The van der Waals surface area contributed by atoms with E-state index in [9.17, 15) is 35.5 Å². The van der Waals surface area contributed by atoms with E-state index in [1.54, 1.807) is 0 Å². The molecule has 24 heavy (non-hydrogen) atoms. The Bertz CT molecular complexity index is 736. The maximum absolute atomic E-state index is 10.8. The summed E-state index contributed by atoms with van der Waals surface area (Å²) >= 11 is 0. The second-order valence-corrected chi connectivity index (χ2v) is 7.43. The molecule has 1 aliphatic heterocycles. The molecule has 144 valence electrons. The average Bonchev–Trinajstić information content (AvgIpc) is 2.58. The van der Waals surface area contributed by atoms with Crippen LogP contribution in [0.25, 0.3) is 0 Å². The monoisotopic (exact) mass is 420 g/mol. The topological polar surface area (TPSA) is 240 Å². The fourth-order valence-corrected chi connectivity index (χ4v) is 3.00. The first kappa shape index (κ1) is 21.5. The summed E-state index contributed by atoms with van der Waals surface area (Å²) < 4.78 is 106. The molecular formula is C6H12O15S3. The van der Waals surface area contributed by atoms with Crippen LogP contribution in [0, 0.1) is 0 Å². The highest BCUT2D eigenvalue weighted by atomic mass is 32.3. The molecule has 0 aliphatic carbocycles. The summed E-state index contributed by atoms with van der Waals surface area (Å²) in [6.45, 7) is -1.38. The van der Waals surface area contributed by atoms with Gasteiger partial charge in [-0.1, -0.05) is 0 Å². The molecule has 0 aromatic heterocycles. The molecule has 0 spiro atoms. The summed E-state index contributed by atoms with van der Waals surface area (Å²) in [5, 5.41) is 18.8. The maximum Gasteiger partial charge on any atom is 0.397 e. The smallest absolute Gasteiger partial charge is 0.385 e. The first-order valence-electron chi connectivity index (χ1n) is 5.54. The minimum absolute atomic E-state index is 1.38. The Labute approximate surface area is 135 Å². The molecule has 18 heteroatoms. The summed E-state index contributed by atoms with van der Waals surface area (Å²) in [5.41, 5.74) is 0. The van der Waals surface area contributed by atoms with E-state index in [-0.39, 0.29) is 0 Å². The van der Waals surface area contributed by atoms with Crippen LogP contribution in [0.3, 0.4) is 0 Å². The highest BCUT2D eigenvalue weighted by Crippen LogP contribution is 2.28. The average molecular weight is 420 g/mol. The molecule has 1 aliphatic rings. The van der Waals surface area contributed by atoms with Crippen molar-refractivity contribution < 1.29 is 66.4 Å². The quantitative estimate of drug-likeness (QED) is 0.237. The number of aliphatic hydroxyl groups excluding tert-OH is 2. The molecule has 0 aromatic carbocycles. The van der Waals surface area contributed by atoms with Crippen molar-refractivity contribution in [2.24, 2.45) is 0 Å². The van der Waals surface area contributed by atoms with E-state index >= 15 is 0 Å². The molecule has 1 saturated heterocycles. The van der Waals surface area contributed by atoms with E-state index in [2.05, 4.69) is 17.3 Å². The van der Waals surface area contributed by atoms with Crippen molar-refractivity contribution >= 4 is 31.2 Å². The lowest BCUT2D eigenvalue weighted by Crippen LogP contribution is -2.46. The van der Waals surface area contributed by atoms with E-state index < -0.39 is 68.5 Å². The van der Waals surface area contributed by atoms with Crippen molar-refractivity contribution in [3.8, 4) is 0 Å². The second-order valence-electron chi connectivity index (χ2n) is 4.25. The van der Waals surface area contributed by atoms with Gasteiger partial charge < -0.3 is 14.9 Å². The van der Waals surface area contributed by atoms with Gasteiger partial charge >= 0.3 is 31.2 Å². The molecule has 1 rings (SSSR count). The lowest BCUT2D eigenvalue weighted by atomic mass is 10.1. The molecule has 0 saturated carbocycles. The molecule has 5 atom stereocenters. The molecular weight excluding hydrogens is 408 g/mol. The van der Waals surface area contributed by atoms with Crippen LogP contribution in [0.15, 0.2) is 0 Å². The number of rotatable bonds is 8. The second kappa shape index (κ2) is 7.39. The lowest BCUT2D eigenvalue weighted by Gasteiger charge is -2.24.